The Morgan fingerprint density at radius 2 is 1.81 bits per heavy atom. The number of rotatable bonds is 6. The maximum Gasteiger partial charge on any atom is 0.137 e. The highest BCUT2D eigenvalue weighted by Crippen LogP contribution is 2.37. The fourth-order valence-corrected chi connectivity index (χ4v) is 4.48. The molecule has 0 aliphatic carbocycles. The van der Waals surface area contributed by atoms with E-state index in [1.54, 1.807) is 12.7 Å². The zero-order valence-corrected chi connectivity index (χ0v) is 17.1. The highest BCUT2D eigenvalue weighted by Gasteiger charge is 2.39. The van der Waals surface area contributed by atoms with Crippen molar-refractivity contribution in [3.05, 3.63) is 79.4 Å². The van der Waals surface area contributed by atoms with Crippen molar-refractivity contribution >= 4 is 27.5 Å². The Morgan fingerprint density at radius 3 is 2.58 bits per heavy atom. The molecule has 6 heteroatoms. The molecule has 6 nitrogen and oxygen atoms in total. The second-order valence-corrected chi connectivity index (χ2v) is 8.42. The van der Waals surface area contributed by atoms with E-state index in [4.69, 9.17) is 4.74 Å². The van der Waals surface area contributed by atoms with Gasteiger partial charge in [-0.2, -0.15) is 5.10 Å². The Bertz CT molecular complexity index is 1340. The molecular weight excluding hydrogens is 386 g/mol. The van der Waals surface area contributed by atoms with Crippen molar-refractivity contribution in [1.82, 2.24) is 19.7 Å². The molecule has 0 saturated carbocycles. The van der Waals surface area contributed by atoms with E-state index >= 15 is 0 Å². The zero-order chi connectivity index (χ0) is 20.7. The Balaban J connectivity index is 1.40. The molecule has 2 aromatic heterocycles. The van der Waals surface area contributed by atoms with E-state index in [2.05, 4.69) is 87.1 Å². The zero-order valence-electron chi connectivity index (χ0n) is 17.1. The topological polar surface area (TPSA) is 67.8 Å². The molecule has 1 saturated heterocycles. The summed E-state index contributed by atoms with van der Waals surface area (Å²) < 4.78 is 7.49. The molecule has 0 spiro atoms. The molecule has 6 rings (SSSR count). The van der Waals surface area contributed by atoms with E-state index in [0.717, 1.165) is 43.0 Å². The van der Waals surface area contributed by atoms with Gasteiger partial charge in [-0.3, -0.25) is 4.68 Å². The van der Waals surface area contributed by atoms with Crippen LogP contribution in [0.25, 0.3) is 32.9 Å². The fourth-order valence-electron chi connectivity index (χ4n) is 4.48. The monoisotopic (exact) mass is 409 g/mol. The Morgan fingerprint density at radius 1 is 0.968 bits per heavy atom. The molecule has 5 aromatic rings. The van der Waals surface area contributed by atoms with Crippen molar-refractivity contribution in [1.29, 1.82) is 0 Å². The summed E-state index contributed by atoms with van der Waals surface area (Å²) in [6.45, 7) is 3.03. The van der Waals surface area contributed by atoms with Crippen LogP contribution in [0.2, 0.25) is 0 Å². The first-order valence-corrected chi connectivity index (χ1v) is 10.5. The second-order valence-electron chi connectivity index (χ2n) is 8.42. The van der Waals surface area contributed by atoms with Crippen LogP contribution in [-0.4, -0.2) is 39.5 Å². The van der Waals surface area contributed by atoms with Crippen LogP contribution in [0.1, 0.15) is 0 Å². The molecule has 1 aliphatic rings. The third-order valence-corrected chi connectivity index (χ3v) is 6.16. The summed E-state index contributed by atoms with van der Waals surface area (Å²) in [4.78, 5) is 7.65. The number of benzene rings is 3. The van der Waals surface area contributed by atoms with Crippen LogP contribution in [0, 0.1) is 5.41 Å². The normalized spacial score (nSPS) is 15.2. The first kappa shape index (κ1) is 18.2. The summed E-state index contributed by atoms with van der Waals surface area (Å²) in [5, 5.41) is 10.5. The van der Waals surface area contributed by atoms with Gasteiger partial charge >= 0.3 is 0 Å². The lowest BCUT2D eigenvalue weighted by atomic mass is 9.85. The summed E-state index contributed by atoms with van der Waals surface area (Å²) in [6, 6.07) is 23.5. The Kier molecular flexibility index (Phi) is 4.25. The quantitative estimate of drug-likeness (QED) is 0.426. The van der Waals surface area contributed by atoms with E-state index in [1.807, 2.05) is 4.68 Å². The molecular formula is C25H23N5O. The molecule has 0 atom stereocenters. The Hall–Kier alpha value is -3.64. The number of fused-ring (bicyclic) bond motifs is 3. The van der Waals surface area contributed by atoms with E-state index in [1.165, 1.54) is 21.9 Å². The third kappa shape index (κ3) is 3.25. The summed E-state index contributed by atoms with van der Waals surface area (Å²) in [6.07, 6.45) is 3.35. The minimum atomic E-state index is 0.0107. The van der Waals surface area contributed by atoms with Gasteiger partial charge in [0, 0.05) is 39.6 Å². The number of ether oxygens (including phenoxy) is 1. The molecule has 3 heterocycles. The molecule has 0 radical (unpaired) electrons. The lowest BCUT2D eigenvalue weighted by Crippen LogP contribution is -2.50. The number of hydrogen-bond acceptors (Lipinski definition) is 4. The van der Waals surface area contributed by atoms with Gasteiger partial charge in [0.05, 0.1) is 25.2 Å². The van der Waals surface area contributed by atoms with Crippen molar-refractivity contribution in [2.45, 2.75) is 6.54 Å². The van der Waals surface area contributed by atoms with Gasteiger partial charge in [0.1, 0.15) is 12.7 Å². The lowest BCUT2D eigenvalue weighted by Gasteiger charge is -2.41. The first-order chi connectivity index (χ1) is 15.3. The fraction of sp³-hybridized carbons (Fsp3) is 0.200. The summed E-state index contributed by atoms with van der Waals surface area (Å²) in [5.74, 6) is 0. The van der Waals surface area contributed by atoms with Gasteiger partial charge < -0.3 is 15.0 Å². The summed E-state index contributed by atoms with van der Waals surface area (Å²) >= 11 is 0. The van der Waals surface area contributed by atoms with E-state index < -0.39 is 0 Å². The standard InChI is InChI=1S/C25H23N5O/c1-2-6-18(7-3-1)20-10-24-21(19-8-4-5-9-22(19)29-24)11-23(20)27-12-25(14-31-15-25)13-30-17-26-16-28-30/h1-11,16-17,27,29H,12-15H2. The smallest absolute Gasteiger partial charge is 0.137 e. The summed E-state index contributed by atoms with van der Waals surface area (Å²) in [7, 11) is 0. The molecule has 0 bridgehead atoms. The van der Waals surface area contributed by atoms with Crippen LogP contribution in [-0.2, 0) is 11.3 Å². The minimum absolute atomic E-state index is 0.0107. The molecule has 1 aliphatic heterocycles. The number of aromatic amines is 1. The average molecular weight is 409 g/mol. The van der Waals surface area contributed by atoms with Crippen LogP contribution in [0.15, 0.2) is 79.4 Å². The van der Waals surface area contributed by atoms with Crippen molar-refractivity contribution in [2.75, 3.05) is 25.1 Å². The Labute approximate surface area is 179 Å². The largest absolute Gasteiger partial charge is 0.384 e. The van der Waals surface area contributed by atoms with Crippen LogP contribution in [0.3, 0.4) is 0 Å². The lowest BCUT2D eigenvalue weighted by molar-refractivity contribution is -0.114. The van der Waals surface area contributed by atoms with Gasteiger partial charge in [-0.1, -0.05) is 48.5 Å². The highest BCUT2D eigenvalue weighted by atomic mass is 16.5. The number of aromatic nitrogens is 4. The van der Waals surface area contributed by atoms with Crippen LogP contribution in [0.5, 0.6) is 0 Å². The van der Waals surface area contributed by atoms with E-state index in [0.29, 0.717) is 0 Å². The maximum atomic E-state index is 5.60. The predicted octanol–water partition coefficient (Wildman–Crippen LogP) is 4.71. The van der Waals surface area contributed by atoms with E-state index in [9.17, 15) is 0 Å². The minimum Gasteiger partial charge on any atom is -0.384 e. The van der Waals surface area contributed by atoms with Gasteiger partial charge in [-0.15, -0.1) is 0 Å². The number of H-pyrrole nitrogens is 1. The number of anilines is 1. The SMILES string of the molecule is c1ccc(-c2cc3[nH]c4ccccc4c3cc2NCC2(Cn3cncn3)COC2)cc1. The molecule has 1 fully saturated rings. The second kappa shape index (κ2) is 7.25. The predicted molar refractivity (Wildman–Crippen MR) is 123 cm³/mol. The number of para-hydroxylation sites is 1. The maximum absolute atomic E-state index is 5.60. The number of hydrogen-bond donors (Lipinski definition) is 2. The molecule has 154 valence electrons. The van der Waals surface area contributed by atoms with Crippen molar-refractivity contribution < 1.29 is 4.74 Å². The van der Waals surface area contributed by atoms with Crippen molar-refractivity contribution in [3.8, 4) is 11.1 Å². The summed E-state index contributed by atoms with van der Waals surface area (Å²) in [5.41, 5.74) is 5.83. The molecule has 2 N–H and O–H groups in total. The molecule has 0 amide bonds. The van der Waals surface area contributed by atoms with Gasteiger partial charge in [-0.25, -0.2) is 4.98 Å². The average Bonchev–Trinajstić information content (AvgIpc) is 3.42. The molecule has 3 aromatic carbocycles. The molecule has 0 unspecified atom stereocenters. The van der Waals surface area contributed by atoms with Gasteiger partial charge in [-0.05, 0) is 23.8 Å². The van der Waals surface area contributed by atoms with E-state index in [-0.39, 0.29) is 5.41 Å². The van der Waals surface area contributed by atoms with Crippen LogP contribution in [0.4, 0.5) is 5.69 Å². The van der Waals surface area contributed by atoms with Gasteiger partial charge in [0.25, 0.3) is 0 Å². The van der Waals surface area contributed by atoms with Crippen molar-refractivity contribution in [3.63, 3.8) is 0 Å². The first-order valence-electron chi connectivity index (χ1n) is 10.5. The highest BCUT2D eigenvalue weighted by molar-refractivity contribution is 6.10. The number of nitrogens with zero attached hydrogens (tertiary/aromatic N) is 3. The number of nitrogens with one attached hydrogen (secondary N) is 2. The third-order valence-electron chi connectivity index (χ3n) is 6.16. The van der Waals surface area contributed by atoms with Gasteiger partial charge in [0.2, 0.25) is 0 Å². The van der Waals surface area contributed by atoms with Crippen LogP contribution >= 0.6 is 0 Å². The van der Waals surface area contributed by atoms with Crippen molar-refractivity contribution in [2.24, 2.45) is 5.41 Å². The van der Waals surface area contributed by atoms with Crippen LogP contribution < -0.4 is 5.32 Å². The van der Waals surface area contributed by atoms with Gasteiger partial charge in [0.15, 0.2) is 0 Å². The molecule has 31 heavy (non-hydrogen) atoms.